The van der Waals surface area contributed by atoms with E-state index in [1.54, 1.807) is 11.8 Å². The smallest absolute Gasteiger partial charge is 0.191 e. The highest BCUT2D eigenvalue weighted by Gasteiger charge is 2.13. The maximum absolute atomic E-state index is 4.37. The minimum absolute atomic E-state index is 0. The zero-order valence-corrected chi connectivity index (χ0v) is 19.8. The van der Waals surface area contributed by atoms with E-state index in [9.17, 15) is 0 Å². The van der Waals surface area contributed by atoms with Crippen LogP contribution in [0.5, 0.6) is 0 Å². The molecule has 8 heteroatoms. The summed E-state index contributed by atoms with van der Waals surface area (Å²) in [6, 6.07) is 0.398. The van der Waals surface area contributed by atoms with Crippen LogP contribution in [0.3, 0.4) is 0 Å². The number of nitrogens with zero attached hydrogens (tertiary/aromatic N) is 4. The van der Waals surface area contributed by atoms with Gasteiger partial charge in [-0.3, -0.25) is 4.99 Å². The van der Waals surface area contributed by atoms with Crippen molar-refractivity contribution in [2.24, 2.45) is 16.8 Å². The van der Waals surface area contributed by atoms with Crippen molar-refractivity contribution in [1.82, 2.24) is 25.4 Å². The maximum atomic E-state index is 4.37. The summed E-state index contributed by atoms with van der Waals surface area (Å²) in [5.41, 5.74) is 0. The van der Waals surface area contributed by atoms with E-state index >= 15 is 0 Å². The number of guanidine groups is 1. The van der Waals surface area contributed by atoms with E-state index in [0.717, 1.165) is 42.9 Å². The molecule has 0 fully saturated rings. The maximum Gasteiger partial charge on any atom is 0.191 e. The summed E-state index contributed by atoms with van der Waals surface area (Å²) < 4.78 is 2.25. The molecule has 2 N–H and O–H groups in total. The molecule has 0 spiro atoms. The SMILES string of the molecule is CN=C(NCCCc1nnc(SC)n1CC(C)C)NC(C)C(C)C.I. The van der Waals surface area contributed by atoms with Crippen LogP contribution in [0.4, 0.5) is 0 Å². The fourth-order valence-electron chi connectivity index (χ4n) is 2.23. The van der Waals surface area contributed by atoms with Crippen molar-refractivity contribution in [3.63, 3.8) is 0 Å². The number of aryl methyl sites for hydroxylation is 1. The molecule has 1 rings (SSSR count). The second-order valence-electron chi connectivity index (χ2n) is 6.89. The molecule has 0 bridgehead atoms. The van der Waals surface area contributed by atoms with Crippen LogP contribution >= 0.6 is 35.7 Å². The van der Waals surface area contributed by atoms with Gasteiger partial charge in [-0.2, -0.15) is 0 Å². The van der Waals surface area contributed by atoms with Gasteiger partial charge in [0.2, 0.25) is 0 Å². The Morgan fingerprint density at radius 2 is 1.88 bits per heavy atom. The molecule has 0 aromatic carbocycles. The first-order valence-electron chi connectivity index (χ1n) is 8.82. The van der Waals surface area contributed by atoms with Gasteiger partial charge in [-0.25, -0.2) is 0 Å². The summed E-state index contributed by atoms with van der Waals surface area (Å²) in [7, 11) is 1.81. The lowest BCUT2D eigenvalue weighted by Gasteiger charge is -2.20. The number of aliphatic imine (C=N–C) groups is 1. The van der Waals surface area contributed by atoms with Crippen molar-refractivity contribution in [1.29, 1.82) is 0 Å². The van der Waals surface area contributed by atoms with E-state index < -0.39 is 0 Å². The lowest BCUT2D eigenvalue weighted by Crippen LogP contribution is -2.44. The molecule has 0 saturated carbocycles. The van der Waals surface area contributed by atoms with Crippen molar-refractivity contribution in [2.75, 3.05) is 19.8 Å². The van der Waals surface area contributed by atoms with Crippen LogP contribution in [-0.2, 0) is 13.0 Å². The summed E-state index contributed by atoms with van der Waals surface area (Å²) in [6.45, 7) is 12.9. The Hall–Kier alpha value is -0.510. The highest BCUT2D eigenvalue weighted by atomic mass is 127. The van der Waals surface area contributed by atoms with Gasteiger partial charge in [-0.1, -0.05) is 39.5 Å². The fraction of sp³-hybridized carbons (Fsp3) is 0.824. The van der Waals surface area contributed by atoms with Crippen LogP contribution in [-0.4, -0.2) is 46.6 Å². The topological polar surface area (TPSA) is 67.1 Å². The molecule has 0 saturated heterocycles. The molecule has 1 atom stereocenters. The zero-order valence-electron chi connectivity index (χ0n) is 16.7. The van der Waals surface area contributed by atoms with Gasteiger partial charge in [-0.05, 0) is 31.4 Å². The van der Waals surface area contributed by atoms with Crippen LogP contribution < -0.4 is 10.6 Å². The highest BCUT2D eigenvalue weighted by Crippen LogP contribution is 2.16. The minimum Gasteiger partial charge on any atom is -0.356 e. The molecule has 0 radical (unpaired) electrons. The predicted octanol–water partition coefficient (Wildman–Crippen LogP) is 3.42. The number of rotatable bonds is 9. The van der Waals surface area contributed by atoms with Gasteiger partial charge < -0.3 is 15.2 Å². The van der Waals surface area contributed by atoms with E-state index in [0.29, 0.717) is 17.9 Å². The molecule has 1 unspecified atom stereocenters. The van der Waals surface area contributed by atoms with Gasteiger partial charge in [0.05, 0.1) is 0 Å². The quantitative estimate of drug-likeness (QED) is 0.186. The molecule has 0 aliphatic carbocycles. The summed E-state index contributed by atoms with van der Waals surface area (Å²) in [6.07, 6.45) is 3.98. The number of hydrogen-bond donors (Lipinski definition) is 2. The van der Waals surface area contributed by atoms with E-state index in [4.69, 9.17) is 0 Å². The normalized spacial score (nSPS) is 13.1. The average molecular weight is 482 g/mol. The number of nitrogens with one attached hydrogen (secondary N) is 2. The second-order valence-corrected chi connectivity index (χ2v) is 7.66. The molecular weight excluding hydrogens is 447 g/mol. The number of hydrogen-bond acceptors (Lipinski definition) is 4. The summed E-state index contributed by atoms with van der Waals surface area (Å²) >= 11 is 1.66. The molecular formula is C17H35IN6S. The molecule has 0 aliphatic rings. The van der Waals surface area contributed by atoms with Crippen LogP contribution in [0.2, 0.25) is 0 Å². The Morgan fingerprint density at radius 1 is 1.20 bits per heavy atom. The molecule has 0 aliphatic heterocycles. The van der Waals surface area contributed by atoms with Crippen LogP contribution in [0.1, 0.15) is 46.9 Å². The van der Waals surface area contributed by atoms with Crippen LogP contribution in [0, 0.1) is 11.8 Å². The first kappa shape index (κ1) is 24.5. The molecule has 1 heterocycles. The zero-order chi connectivity index (χ0) is 18.1. The van der Waals surface area contributed by atoms with Crippen molar-refractivity contribution in [3.05, 3.63) is 5.82 Å². The predicted molar refractivity (Wildman–Crippen MR) is 119 cm³/mol. The van der Waals surface area contributed by atoms with Gasteiger partial charge in [0, 0.05) is 32.6 Å². The fourth-order valence-corrected chi connectivity index (χ4v) is 2.76. The van der Waals surface area contributed by atoms with Crippen LogP contribution in [0.25, 0.3) is 0 Å². The Kier molecular flexibility index (Phi) is 12.5. The lowest BCUT2D eigenvalue weighted by atomic mass is 10.1. The van der Waals surface area contributed by atoms with E-state index in [1.165, 1.54) is 0 Å². The number of aromatic nitrogens is 3. The summed E-state index contributed by atoms with van der Waals surface area (Å²) in [5, 5.41) is 16.5. The average Bonchev–Trinajstić information content (AvgIpc) is 2.91. The largest absolute Gasteiger partial charge is 0.356 e. The molecule has 25 heavy (non-hydrogen) atoms. The monoisotopic (exact) mass is 482 g/mol. The van der Waals surface area contributed by atoms with E-state index in [1.807, 2.05) is 7.05 Å². The first-order chi connectivity index (χ1) is 11.4. The lowest BCUT2D eigenvalue weighted by molar-refractivity contribution is 0.474. The van der Waals surface area contributed by atoms with Gasteiger partial charge in [0.15, 0.2) is 11.1 Å². The van der Waals surface area contributed by atoms with Crippen LogP contribution in [0.15, 0.2) is 10.1 Å². The Labute approximate surface area is 174 Å². The Morgan fingerprint density at radius 3 is 2.40 bits per heavy atom. The third-order valence-corrected chi connectivity index (χ3v) is 4.65. The summed E-state index contributed by atoms with van der Waals surface area (Å²) in [5.74, 6) is 3.10. The molecule has 6 nitrogen and oxygen atoms in total. The van der Waals surface area contributed by atoms with E-state index in [2.05, 4.69) is 71.3 Å². The van der Waals surface area contributed by atoms with Crippen molar-refractivity contribution in [3.8, 4) is 0 Å². The van der Waals surface area contributed by atoms with Gasteiger partial charge in [0.1, 0.15) is 5.82 Å². The highest BCUT2D eigenvalue weighted by molar-refractivity contribution is 14.0. The minimum atomic E-state index is 0. The Bertz CT molecular complexity index is 515. The third kappa shape index (κ3) is 8.61. The molecule has 0 amide bonds. The van der Waals surface area contributed by atoms with Crippen molar-refractivity contribution >= 4 is 41.7 Å². The third-order valence-electron chi connectivity index (χ3n) is 3.98. The molecule has 1 aromatic rings. The van der Waals surface area contributed by atoms with Gasteiger partial charge >= 0.3 is 0 Å². The number of thioether (sulfide) groups is 1. The van der Waals surface area contributed by atoms with Crippen molar-refractivity contribution < 1.29 is 0 Å². The molecule has 1 aromatic heterocycles. The van der Waals surface area contributed by atoms with Gasteiger partial charge in [0.25, 0.3) is 0 Å². The first-order valence-corrected chi connectivity index (χ1v) is 10.0. The molecule has 146 valence electrons. The summed E-state index contributed by atoms with van der Waals surface area (Å²) in [4.78, 5) is 4.29. The number of halogens is 1. The standard InChI is InChI=1S/C17H34N6S.HI/c1-12(2)11-23-15(21-22-17(23)24-7)9-8-10-19-16(18-6)20-14(5)13(3)4;/h12-14H,8-11H2,1-7H3,(H2,18,19,20);1H. The van der Waals surface area contributed by atoms with E-state index in [-0.39, 0.29) is 24.0 Å². The second kappa shape index (κ2) is 12.8. The Balaban J connectivity index is 0.00000576. The van der Waals surface area contributed by atoms with Crippen molar-refractivity contribution in [2.45, 2.75) is 65.2 Å². The van der Waals surface area contributed by atoms with Gasteiger partial charge in [-0.15, -0.1) is 34.2 Å².